The van der Waals surface area contributed by atoms with Gasteiger partial charge in [0.2, 0.25) is 0 Å². The van der Waals surface area contributed by atoms with E-state index in [4.69, 9.17) is 4.74 Å². The third-order valence-electron chi connectivity index (χ3n) is 1.67. The Bertz CT molecular complexity index is 126. The molecule has 1 heterocycles. The second-order valence-corrected chi connectivity index (χ2v) is 2.94. The highest BCUT2D eigenvalue weighted by molar-refractivity contribution is 4.95. The molecule has 0 aromatic heterocycles. The van der Waals surface area contributed by atoms with Crippen LogP contribution in [0.15, 0.2) is 11.8 Å². The average Bonchev–Trinajstić information content (AvgIpc) is 2.56. The quantitative estimate of drug-likeness (QED) is 0.601. The first-order chi connectivity index (χ1) is 5.76. The van der Waals surface area contributed by atoms with Gasteiger partial charge in [0, 0.05) is 12.2 Å². The van der Waals surface area contributed by atoms with Crippen LogP contribution in [0.4, 0.5) is 0 Å². The number of ether oxygens (including phenoxy) is 1. The van der Waals surface area contributed by atoms with Gasteiger partial charge in [-0.05, 0) is 13.8 Å². The SMILES string of the molecule is C/C=C(\C)N1CCOC1.CCC. The Labute approximate surface area is 76.2 Å². The molecule has 1 aliphatic rings. The largest absolute Gasteiger partial charge is 0.359 e. The summed E-state index contributed by atoms with van der Waals surface area (Å²) in [5.74, 6) is 0. The van der Waals surface area contributed by atoms with Crippen molar-refractivity contribution in [3.8, 4) is 0 Å². The molecule has 0 aromatic carbocycles. The molecule has 0 amide bonds. The molecule has 1 fully saturated rings. The highest BCUT2D eigenvalue weighted by atomic mass is 16.5. The number of rotatable bonds is 1. The fraction of sp³-hybridized carbons (Fsp3) is 0.800. The van der Waals surface area contributed by atoms with Crippen molar-refractivity contribution >= 4 is 0 Å². The first-order valence-corrected chi connectivity index (χ1v) is 4.71. The summed E-state index contributed by atoms with van der Waals surface area (Å²) in [5, 5.41) is 0. The van der Waals surface area contributed by atoms with Crippen molar-refractivity contribution in [1.82, 2.24) is 4.90 Å². The Hall–Kier alpha value is -0.500. The number of hydrogen-bond acceptors (Lipinski definition) is 2. The fourth-order valence-electron chi connectivity index (χ4n) is 0.875. The fourth-order valence-corrected chi connectivity index (χ4v) is 0.875. The van der Waals surface area contributed by atoms with Gasteiger partial charge in [0.25, 0.3) is 0 Å². The van der Waals surface area contributed by atoms with Gasteiger partial charge in [-0.25, -0.2) is 0 Å². The molecule has 72 valence electrons. The molecule has 0 spiro atoms. The molecule has 0 bridgehead atoms. The Kier molecular flexibility index (Phi) is 6.87. The lowest BCUT2D eigenvalue weighted by molar-refractivity contribution is 0.156. The number of nitrogens with zero attached hydrogens (tertiary/aromatic N) is 1. The van der Waals surface area contributed by atoms with Gasteiger partial charge in [-0.3, -0.25) is 0 Å². The van der Waals surface area contributed by atoms with E-state index in [9.17, 15) is 0 Å². The third kappa shape index (κ3) is 4.39. The van der Waals surface area contributed by atoms with Gasteiger partial charge < -0.3 is 9.64 Å². The summed E-state index contributed by atoms with van der Waals surface area (Å²) >= 11 is 0. The van der Waals surface area contributed by atoms with Gasteiger partial charge in [0.15, 0.2) is 0 Å². The van der Waals surface area contributed by atoms with Crippen molar-refractivity contribution in [1.29, 1.82) is 0 Å². The highest BCUT2D eigenvalue weighted by Gasteiger charge is 2.09. The third-order valence-corrected chi connectivity index (χ3v) is 1.67. The molecule has 2 nitrogen and oxygen atoms in total. The minimum absolute atomic E-state index is 0.774. The molecule has 1 aliphatic heterocycles. The average molecular weight is 171 g/mol. The van der Waals surface area contributed by atoms with E-state index in [1.807, 2.05) is 6.92 Å². The van der Waals surface area contributed by atoms with Gasteiger partial charge in [-0.15, -0.1) is 0 Å². The maximum atomic E-state index is 5.17. The van der Waals surface area contributed by atoms with Crippen molar-refractivity contribution in [3.05, 3.63) is 11.8 Å². The normalized spacial score (nSPS) is 17.3. The summed E-state index contributed by atoms with van der Waals surface area (Å²) in [7, 11) is 0. The molecule has 0 unspecified atom stereocenters. The minimum Gasteiger partial charge on any atom is -0.359 e. The minimum atomic E-state index is 0.774. The standard InChI is InChI=1S/C7H13NO.C3H8/c1-3-7(2)8-4-5-9-6-8;1-3-2/h3H,4-6H2,1-2H3;3H2,1-2H3/b7-3+;. The summed E-state index contributed by atoms with van der Waals surface area (Å²) < 4.78 is 5.17. The van der Waals surface area contributed by atoms with E-state index in [0.717, 1.165) is 19.9 Å². The van der Waals surface area contributed by atoms with Crippen LogP contribution in [0.25, 0.3) is 0 Å². The second-order valence-electron chi connectivity index (χ2n) is 2.94. The molecule has 0 saturated carbocycles. The zero-order chi connectivity index (χ0) is 9.40. The van der Waals surface area contributed by atoms with Crippen LogP contribution in [0, 0.1) is 0 Å². The molecule has 0 atom stereocenters. The molecular formula is C10H21NO. The Morgan fingerprint density at radius 1 is 1.50 bits per heavy atom. The van der Waals surface area contributed by atoms with Crippen molar-refractivity contribution < 1.29 is 4.74 Å². The zero-order valence-corrected chi connectivity index (χ0v) is 8.76. The summed E-state index contributed by atoms with van der Waals surface area (Å²) in [6.45, 7) is 11.1. The zero-order valence-electron chi connectivity index (χ0n) is 8.76. The van der Waals surface area contributed by atoms with Crippen molar-refractivity contribution in [2.75, 3.05) is 19.9 Å². The summed E-state index contributed by atoms with van der Waals surface area (Å²) in [4.78, 5) is 2.22. The van der Waals surface area contributed by atoms with Gasteiger partial charge in [-0.1, -0.05) is 26.3 Å². The predicted molar refractivity (Wildman–Crippen MR) is 52.9 cm³/mol. The molecule has 1 saturated heterocycles. The Balaban J connectivity index is 0.000000354. The van der Waals surface area contributed by atoms with Crippen LogP contribution in [-0.4, -0.2) is 24.8 Å². The smallest absolute Gasteiger partial charge is 0.118 e. The molecule has 0 aromatic rings. The molecule has 1 rings (SSSR count). The van der Waals surface area contributed by atoms with Crippen LogP contribution < -0.4 is 0 Å². The van der Waals surface area contributed by atoms with Crippen LogP contribution >= 0.6 is 0 Å². The maximum Gasteiger partial charge on any atom is 0.118 e. The molecular weight excluding hydrogens is 150 g/mol. The van der Waals surface area contributed by atoms with E-state index in [2.05, 4.69) is 31.7 Å². The van der Waals surface area contributed by atoms with E-state index in [-0.39, 0.29) is 0 Å². The van der Waals surface area contributed by atoms with E-state index >= 15 is 0 Å². The van der Waals surface area contributed by atoms with Crippen LogP contribution in [0.2, 0.25) is 0 Å². The van der Waals surface area contributed by atoms with E-state index in [0.29, 0.717) is 0 Å². The first kappa shape index (κ1) is 11.5. The highest BCUT2D eigenvalue weighted by Crippen LogP contribution is 2.07. The monoisotopic (exact) mass is 171 g/mol. The van der Waals surface area contributed by atoms with E-state index < -0.39 is 0 Å². The molecule has 12 heavy (non-hydrogen) atoms. The van der Waals surface area contributed by atoms with Crippen molar-refractivity contribution in [3.63, 3.8) is 0 Å². The van der Waals surface area contributed by atoms with Crippen molar-refractivity contribution in [2.24, 2.45) is 0 Å². The first-order valence-electron chi connectivity index (χ1n) is 4.71. The number of hydrogen-bond donors (Lipinski definition) is 0. The van der Waals surface area contributed by atoms with E-state index in [1.54, 1.807) is 0 Å². The van der Waals surface area contributed by atoms with Crippen LogP contribution in [0.1, 0.15) is 34.1 Å². The lowest BCUT2D eigenvalue weighted by Crippen LogP contribution is -2.16. The summed E-state index contributed by atoms with van der Waals surface area (Å²) in [6, 6.07) is 0. The molecule has 0 N–H and O–H groups in total. The second kappa shape index (κ2) is 7.17. The summed E-state index contributed by atoms with van der Waals surface area (Å²) in [6.07, 6.45) is 3.36. The lowest BCUT2D eigenvalue weighted by atomic mass is 10.4. The Morgan fingerprint density at radius 2 is 2.08 bits per heavy atom. The molecule has 0 aliphatic carbocycles. The molecule has 2 heteroatoms. The Morgan fingerprint density at radius 3 is 2.42 bits per heavy atom. The maximum absolute atomic E-state index is 5.17. The van der Waals surface area contributed by atoms with Gasteiger partial charge >= 0.3 is 0 Å². The van der Waals surface area contributed by atoms with Crippen molar-refractivity contribution in [2.45, 2.75) is 34.1 Å². The molecule has 0 radical (unpaired) electrons. The number of allylic oxidation sites excluding steroid dienone is 2. The lowest BCUT2D eigenvalue weighted by Gasteiger charge is -2.14. The van der Waals surface area contributed by atoms with Gasteiger partial charge in [-0.2, -0.15) is 0 Å². The topological polar surface area (TPSA) is 12.5 Å². The summed E-state index contributed by atoms with van der Waals surface area (Å²) in [5.41, 5.74) is 1.31. The van der Waals surface area contributed by atoms with Gasteiger partial charge in [0.1, 0.15) is 6.73 Å². The van der Waals surface area contributed by atoms with Crippen LogP contribution in [-0.2, 0) is 4.74 Å². The van der Waals surface area contributed by atoms with Crippen LogP contribution in [0.5, 0.6) is 0 Å². The van der Waals surface area contributed by atoms with E-state index in [1.165, 1.54) is 12.1 Å². The van der Waals surface area contributed by atoms with Crippen LogP contribution in [0.3, 0.4) is 0 Å². The predicted octanol–water partition coefficient (Wildman–Crippen LogP) is 2.62. The van der Waals surface area contributed by atoms with Gasteiger partial charge in [0.05, 0.1) is 6.61 Å².